The molecule has 0 amide bonds. The molecule has 1 aromatic rings. The van der Waals surface area contributed by atoms with Crippen LogP contribution in [0, 0.1) is 5.92 Å². The minimum absolute atomic E-state index is 0.00704. The van der Waals surface area contributed by atoms with Gasteiger partial charge in [-0.05, 0) is 70.3 Å². The molecule has 5 rings (SSSR count). The van der Waals surface area contributed by atoms with Crippen LogP contribution in [0.1, 0.15) is 17.5 Å². The van der Waals surface area contributed by atoms with Gasteiger partial charge in [-0.15, -0.1) is 6.58 Å². The molecule has 5 unspecified atom stereocenters. The average molecular weight is 456 g/mol. The van der Waals surface area contributed by atoms with Crippen molar-refractivity contribution in [1.82, 2.24) is 4.90 Å². The molecule has 2 aliphatic carbocycles. The van der Waals surface area contributed by atoms with Crippen LogP contribution in [-0.2, 0) is 16.3 Å². The summed E-state index contributed by atoms with van der Waals surface area (Å²) in [7, 11) is -3.48. The maximum Gasteiger partial charge on any atom is 0.242 e. The highest BCUT2D eigenvalue weighted by atomic mass is 28.4. The lowest BCUT2D eigenvalue weighted by atomic mass is 9.53. The van der Waals surface area contributed by atoms with Crippen molar-refractivity contribution in [2.24, 2.45) is 5.92 Å². The predicted octanol–water partition coefficient (Wildman–Crippen LogP) is 5.12. The fourth-order valence-corrected chi connectivity index (χ4v) is 8.25. The van der Waals surface area contributed by atoms with Gasteiger partial charge in [0.05, 0.1) is 0 Å². The molecule has 5 atom stereocenters. The molecule has 4 aliphatic rings. The summed E-state index contributed by atoms with van der Waals surface area (Å²) in [6.07, 6.45) is 9.03. The normalized spacial score (nSPS) is 33.6. The number of nitrogens with zero attached hydrogens (tertiary/aromatic N) is 1. The summed E-state index contributed by atoms with van der Waals surface area (Å²) in [6.45, 7) is 19.6. The van der Waals surface area contributed by atoms with E-state index in [1.54, 1.807) is 0 Å². The van der Waals surface area contributed by atoms with E-state index in [-0.39, 0.29) is 17.6 Å². The first-order valence-electron chi connectivity index (χ1n) is 11.8. The quantitative estimate of drug-likeness (QED) is 0.440. The van der Waals surface area contributed by atoms with Gasteiger partial charge < -0.3 is 13.6 Å². The van der Waals surface area contributed by atoms with Crippen molar-refractivity contribution in [2.75, 3.05) is 13.1 Å². The Morgan fingerprint density at radius 3 is 2.61 bits per heavy atom. The van der Waals surface area contributed by atoms with Crippen molar-refractivity contribution in [1.29, 1.82) is 0 Å². The summed E-state index contributed by atoms with van der Waals surface area (Å²) in [4.78, 5) is 2.62. The third-order valence-electron chi connectivity index (χ3n) is 7.22. The largest absolute Gasteiger partial charge is 0.542 e. The lowest BCUT2D eigenvalue weighted by Gasteiger charge is -2.57. The number of ether oxygens (including phenoxy) is 1. The van der Waals surface area contributed by atoms with E-state index in [9.17, 15) is 0 Å². The smallest absolute Gasteiger partial charge is 0.242 e. The second-order valence-electron chi connectivity index (χ2n) is 11.6. The molecule has 0 saturated carbocycles. The predicted molar refractivity (Wildman–Crippen MR) is 131 cm³/mol. The molecule has 1 spiro atoms. The highest BCUT2D eigenvalue weighted by Gasteiger charge is 2.65. The zero-order chi connectivity index (χ0) is 22.2. The number of benzene rings is 1. The Balaban J connectivity index is 1.66. The number of likely N-dealkylation sites (tertiary alicyclic amines) is 1. The van der Waals surface area contributed by atoms with Gasteiger partial charge >= 0.3 is 0 Å². The van der Waals surface area contributed by atoms with Crippen LogP contribution >= 0.6 is 0 Å². The van der Waals surface area contributed by atoms with Crippen LogP contribution in [0.2, 0.25) is 39.3 Å². The molecule has 0 aromatic heterocycles. The zero-order valence-corrected chi connectivity index (χ0v) is 21.9. The summed E-state index contributed by atoms with van der Waals surface area (Å²) in [6, 6.07) is 4.97. The fourth-order valence-electron chi connectivity index (χ4n) is 6.41. The molecule has 2 heterocycles. The number of rotatable bonds is 6. The summed E-state index contributed by atoms with van der Waals surface area (Å²) in [5.41, 5.74) is 2.86. The molecular formula is C25H37NO3Si2. The Hall–Kier alpha value is -1.35. The van der Waals surface area contributed by atoms with Crippen LogP contribution in [-0.4, -0.2) is 52.9 Å². The third kappa shape index (κ3) is 3.38. The van der Waals surface area contributed by atoms with Gasteiger partial charge in [-0.2, -0.15) is 0 Å². The lowest BCUT2D eigenvalue weighted by molar-refractivity contribution is -0.0439. The molecule has 31 heavy (non-hydrogen) atoms. The number of hydrogen-bond donors (Lipinski definition) is 0. The van der Waals surface area contributed by atoms with Crippen LogP contribution in [0.4, 0.5) is 0 Å². The summed E-state index contributed by atoms with van der Waals surface area (Å²) in [5, 5.41) is 0. The molecule has 1 aromatic carbocycles. The van der Waals surface area contributed by atoms with E-state index in [0.29, 0.717) is 12.0 Å². The first-order chi connectivity index (χ1) is 14.5. The van der Waals surface area contributed by atoms with Crippen LogP contribution < -0.4 is 9.16 Å². The van der Waals surface area contributed by atoms with E-state index in [2.05, 4.69) is 81.1 Å². The van der Waals surface area contributed by atoms with E-state index in [4.69, 9.17) is 13.6 Å². The third-order valence-corrected chi connectivity index (χ3v) is 9.03. The summed E-state index contributed by atoms with van der Waals surface area (Å²) >= 11 is 0. The lowest BCUT2D eigenvalue weighted by Crippen LogP contribution is -2.66. The Morgan fingerprint density at radius 2 is 1.94 bits per heavy atom. The van der Waals surface area contributed by atoms with Gasteiger partial charge in [-0.1, -0.05) is 24.3 Å². The number of hydrogen-bond acceptors (Lipinski definition) is 4. The highest BCUT2D eigenvalue weighted by molar-refractivity contribution is 6.70. The topological polar surface area (TPSA) is 30.9 Å². The number of piperidine rings is 1. The van der Waals surface area contributed by atoms with Gasteiger partial charge in [-0.3, -0.25) is 4.90 Å². The minimum atomic E-state index is -1.76. The maximum absolute atomic E-state index is 6.91. The molecule has 2 aliphatic heterocycles. The average Bonchev–Trinajstić information content (AvgIpc) is 3.00. The molecule has 168 valence electrons. The van der Waals surface area contributed by atoms with Crippen molar-refractivity contribution >= 4 is 16.6 Å². The zero-order valence-electron chi connectivity index (χ0n) is 19.9. The molecular weight excluding hydrogens is 418 g/mol. The first kappa shape index (κ1) is 21.5. The van der Waals surface area contributed by atoms with Gasteiger partial charge in [0.25, 0.3) is 0 Å². The second kappa shape index (κ2) is 7.07. The fraction of sp³-hybridized carbons (Fsp3) is 0.600. The Morgan fingerprint density at radius 1 is 1.16 bits per heavy atom. The van der Waals surface area contributed by atoms with Crippen molar-refractivity contribution in [3.8, 4) is 11.5 Å². The van der Waals surface area contributed by atoms with Gasteiger partial charge in [-0.25, -0.2) is 0 Å². The Kier molecular flexibility index (Phi) is 4.91. The van der Waals surface area contributed by atoms with Crippen molar-refractivity contribution in [2.45, 2.75) is 75.8 Å². The van der Waals surface area contributed by atoms with Crippen molar-refractivity contribution in [3.05, 3.63) is 48.1 Å². The van der Waals surface area contributed by atoms with Gasteiger partial charge in [0.1, 0.15) is 18.0 Å². The summed E-state index contributed by atoms with van der Waals surface area (Å²) in [5.74, 6) is 2.40. The van der Waals surface area contributed by atoms with Crippen LogP contribution in [0.5, 0.6) is 11.5 Å². The molecule has 0 N–H and O–H groups in total. The van der Waals surface area contributed by atoms with Gasteiger partial charge in [0, 0.05) is 29.5 Å². The molecule has 1 fully saturated rings. The van der Waals surface area contributed by atoms with Crippen molar-refractivity contribution in [3.63, 3.8) is 0 Å². The van der Waals surface area contributed by atoms with E-state index in [1.165, 1.54) is 11.1 Å². The minimum Gasteiger partial charge on any atom is -0.542 e. The standard InChI is InChI=1S/C25H37NO3Si2/c1-8-14-26-15-13-25-18-10-12-21(29-31(5,6)7)24(25)27-23-20(28-30(2,3)4)11-9-17(22(23)25)16-19(18)26/h8-12,18-19,21,24H,1,13-16H2,2-7H3. The molecule has 6 heteroatoms. The van der Waals surface area contributed by atoms with Crippen molar-refractivity contribution < 1.29 is 13.6 Å². The first-order valence-corrected chi connectivity index (χ1v) is 18.6. The monoisotopic (exact) mass is 455 g/mol. The Bertz CT molecular complexity index is 932. The Labute approximate surface area is 189 Å². The van der Waals surface area contributed by atoms with Gasteiger partial charge in [0.2, 0.25) is 8.32 Å². The van der Waals surface area contributed by atoms with Crippen LogP contribution in [0.15, 0.2) is 36.9 Å². The molecule has 0 radical (unpaired) electrons. The molecule has 4 nitrogen and oxygen atoms in total. The SMILES string of the molecule is C=CCN1CCC23c4c5ccc(O[Si](C)(C)C)c4OC2C(O[Si](C)(C)C)C=CC3C1C5. The second-order valence-corrected chi connectivity index (χ2v) is 20.5. The van der Waals surface area contributed by atoms with Crippen LogP contribution in [0.3, 0.4) is 0 Å². The van der Waals surface area contributed by atoms with E-state index >= 15 is 0 Å². The van der Waals surface area contributed by atoms with Gasteiger partial charge in [0.15, 0.2) is 14.1 Å². The van der Waals surface area contributed by atoms with E-state index in [0.717, 1.165) is 37.4 Å². The maximum atomic E-state index is 6.91. The molecule has 2 bridgehead atoms. The molecule has 1 saturated heterocycles. The van der Waals surface area contributed by atoms with Crippen LogP contribution in [0.25, 0.3) is 0 Å². The van der Waals surface area contributed by atoms with E-state index in [1.807, 2.05) is 0 Å². The summed E-state index contributed by atoms with van der Waals surface area (Å²) < 4.78 is 20.1. The van der Waals surface area contributed by atoms with E-state index < -0.39 is 16.6 Å². The highest BCUT2D eigenvalue weighted by Crippen LogP contribution is 2.63.